The Labute approximate surface area is 206 Å². The Morgan fingerprint density at radius 2 is 1.85 bits per heavy atom. The van der Waals surface area contributed by atoms with Gasteiger partial charge in [-0.2, -0.15) is 0 Å². The van der Waals surface area contributed by atoms with Gasteiger partial charge in [-0.05, 0) is 56.7 Å². The summed E-state index contributed by atoms with van der Waals surface area (Å²) in [5.74, 6) is -0.999. The number of amides is 1. The molecule has 0 radical (unpaired) electrons. The molecule has 0 fully saturated rings. The molecule has 4 rings (SSSR count). The van der Waals surface area contributed by atoms with E-state index in [0.717, 1.165) is 34.6 Å². The summed E-state index contributed by atoms with van der Waals surface area (Å²) in [5.41, 5.74) is 1.93. The van der Waals surface area contributed by atoms with Gasteiger partial charge in [0.1, 0.15) is 9.88 Å². The van der Waals surface area contributed by atoms with Crippen LogP contribution in [0.5, 0.6) is 0 Å². The van der Waals surface area contributed by atoms with Crippen LogP contribution in [0, 0.1) is 12.8 Å². The Hall–Kier alpha value is -2.97. The Morgan fingerprint density at radius 3 is 2.53 bits per heavy atom. The van der Waals surface area contributed by atoms with Gasteiger partial charge in [0.05, 0.1) is 12.2 Å². The average molecular weight is 498 g/mol. The molecule has 0 spiro atoms. The van der Waals surface area contributed by atoms with Crippen LogP contribution >= 0.6 is 22.7 Å². The summed E-state index contributed by atoms with van der Waals surface area (Å²) in [6.45, 7) is 6.09. The number of ether oxygens (including phenoxy) is 2. The molecule has 0 aliphatic heterocycles. The van der Waals surface area contributed by atoms with E-state index in [2.05, 4.69) is 12.2 Å². The van der Waals surface area contributed by atoms with E-state index in [4.69, 9.17) is 9.47 Å². The molecule has 1 amide bonds. The van der Waals surface area contributed by atoms with E-state index in [1.54, 1.807) is 37.3 Å². The van der Waals surface area contributed by atoms with Crippen LogP contribution in [0.2, 0.25) is 0 Å². The highest BCUT2D eigenvalue weighted by Gasteiger charge is 2.32. The smallest absolute Gasteiger partial charge is 0.349 e. The van der Waals surface area contributed by atoms with Crippen LogP contribution in [-0.4, -0.2) is 24.5 Å². The number of aryl methyl sites for hydroxylation is 1. The molecule has 1 aliphatic carbocycles. The summed E-state index contributed by atoms with van der Waals surface area (Å²) in [6, 6.07) is 12.4. The van der Waals surface area contributed by atoms with Crippen LogP contribution in [0.1, 0.15) is 67.3 Å². The first-order valence-corrected chi connectivity index (χ1v) is 13.0. The lowest BCUT2D eigenvalue weighted by molar-refractivity contribution is -0.125. The number of esters is 2. The average Bonchev–Trinajstić information content (AvgIpc) is 3.40. The number of fused-ring (bicyclic) bond motifs is 1. The predicted molar refractivity (Wildman–Crippen MR) is 134 cm³/mol. The van der Waals surface area contributed by atoms with Crippen molar-refractivity contribution in [3.63, 3.8) is 0 Å². The Bertz CT molecular complexity index is 1200. The molecular formula is C26H27NO5S2. The second-order valence-corrected chi connectivity index (χ2v) is 10.8. The van der Waals surface area contributed by atoms with Crippen LogP contribution in [0.15, 0.2) is 42.5 Å². The van der Waals surface area contributed by atoms with Gasteiger partial charge in [-0.15, -0.1) is 22.7 Å². The van der Waals surface area contributed by atoms with E-state index in [-0.39, 0.29) is 6.61 Å². The van der Waals surface area contributed by atoms with Crippen molar-refractivity contribution in [1.82, 2.24) is 0 Å². The zero-order valence-corrected chi connectivity index (χ0v) is 21.0. The van der Waals surface area contributed by atoms with E-state index in [1.165, 1.54) is 22.7 Å². The van der Waals surface area contributed by atoms with Crippen molar-refractivity contribution in [3.05, 3.63) is 73.8 Å². The van der Waals surface area contributed by atoms with Crippen molar-refractivity contribution in [2.24, 2.45) is 5.92 Å². The lowest BCUT2D eigenvalue weighted by Gasteiger charge is -2.19. The first-order chi connectivity index (χ1) is 16.4. The molecule has 1 aliphatic rings. The lowest BCUT2D eigenvalue weighted by Crippen LogP contribution is -2.26. The quantitative estimate of drug-likeness (QED) is 0.408. The summed E-state index contributed by atoms with van der Waals surface area (Å²) in [4.78, 5) is 41.6. The Balaban J connectivity index is 1.65. The maximum atomic E-state index is 13.5. The molecule has 34 heavy (non-hydrogen) atoms. The number of carbonyl (C=O) groups is 3. The normalized spacial score (nSPS) is 15.8. The van der Waals surface area contributed by atoms with Gasteiger partial charge >= 0.3 is 11.9 Å². The number of rotatable bonds is 7. The van der Waals surface area contributed by atoms with E-state index < -0.39 is 23.9 Å². The summed E-state index contributed by atoms with van der Waals surface area (Å²) in [6.07, 6.45) is 1.45. The molecule has 1 N–H and O–H groups in total. The molecule has 2 aromatic heterocycles. The van der Waals surface area contributed by atoms with Gasteiger partial charge in [0.25, 0.3) is 5.91 Å². The van der Waals surface area contributed by atoms with Gasteiger partial charge in [0.15, 0.2) is 0 Å². The molecule has 2 unspecified atom stereocenters. The minimum Gasteiger partial charge on any atom is -0.462 e. The summed E-state index contributed by atoms with van der Waals surface area (Å²) in [5, 5.41) is 3.34. The molecule has 2 heterocycles. The van der Waals surface area contributed by atoms with Crippen LogP contribution in [-0.2, 0) is 27.1 Å². The van der Waals surface area contributed by atoms with E-state index in [9.17, 15) is 14.4 Å². The zero-order chi connectivity index (χ0) is 24.2. The topological polar surface area (TPSA) is 81.7 Å². The third kappa shape index (κ3) is 5.23. The van der Waals surface area contributed by atoms with Crippen molar-refractivity contribution in [1.29, 1.82) is 0 Å². The lowest BCUT2D eigenvalue weighted by atomic mass is 9.88. The molecule has 2 atom stereocenters. The molecule has 178 valence electrons. The Morgan fingerprint density at radius 1 is 1.09 bits per heavy atom. The molecule has 0 saturated carbocycles. The third-order valence-electron chi connectivity index (χ3n) is 5.73. The third-order valence-corrected chi connectivity index (χ3v) is 7.89. The molecule has 3 aromatic rings. The molecule has 1 aromatic carbocycles. The number of nitrogens with one attached hydrogen (secondary N) is 1. The van der Waals surface area contributed by atoms with E-state index in [1.807, 2.05) is 19.1 Å². The number of carbonyl (C=O) groups excluding carboxylic acids is 3. The molecule has 0 bridgehead atoms. The van der Waals surface area contributed by atoms with Crippen molar-refractivity contribution < 1.29 is 23.9 Å². The largest absolute Gasteiger partial charge is 0.462 e. The fourth-order valence-corrected chi connectivity index (χ4v) is 6.20. The minimum atomic E-state index is -1.16. The van der Waals surface area contributed by atoms with Crippen LogP contribution in [0.3, 0.4) is 0 Å². The highest BCUT2D eigenvalue weighted by atomic mass is 32.1. The van der Waals surface area contributed by atoms with Crippen molar-refractivity contribution >= 4 is 45.5 Å². The monoisotopic (exact) mass is 497 g/mol. The first-order valence-electron chi connectivity index (χ1n) is 11.3. The van der Waals surface area contributed by atoms with E-state index >= 15 is 0 Å². The van der Waals surface area contributed by atoms with Crippen molar-refractivity contribution in [2.45, 2.75) is 46.1 Å². The molecular weight excluding hydrogens is 470 g/mol. The number of thiophene rings is 2. The summed E-state index contributed by atoms with van der Waals surface area (Å²) >= 11 is 2.72. The summed E-state index contributed by atoms with van der Waals surface area (Å²) in [7, 11) is 0. The molecule has 0 saturated heterocycles. The van der Waals surface area contributed by atoms with E-state index in [0.29, 0.717) is 26.9 Å². The van der Waals surface area contributed by atoms with Crippen LogP contribution in [0.4, 0.5) is 5.00 Å². The van der Waals surface area contributed by atoms with Crippen molar-refractivity contribution in [3.8, 4) is 0 Å². The second-order valence-electron chi connectivity index (χ2n) is 8.37. The molecule has 6 nitrogen and oxygen atoms in total. The number of anilines is 1. The minimum absolute atomic E-state index is 0.248. The number of benzene rings is 1. The van der Waals surface area contributed by atoms with Gasteiger partial charge in [-0.25, -0.2) is 9.59 Å². The fourth-order valence-electron chi connectivity index (χ4n) is 4.05. The van der Waals surface area contributed by atoms with Crippen LogP contribution in [0.25, 0.3) is 0 Å². The fraction of sp³-hybridized carbons (Fsp3) is 0.346. The Kier molecular flexibility index (Phi) is 7.48. The standard InChI is InChI=1S/C26H27NO5S2/c1-4-31-26(30)21-18-12-10-15(2)14-20(18)34-24(21)27-23(28)22(17-8-6-5-7-9-17)32-25(29)19-13-11-16(3)33-19/h5-9,11,13,15,22H,4,10,12,14H2,1-3H3,(H,27,28). The highest BCUT2D eigenvalue weighted by molar-refractivity contribution is 7.17. The van der Waals surface area contributed by atoms with Gasteiger partial charge in [-0.1, -0.05) is 37.3 Å². The zero-order valence-electron chi connectivity index (χ0n) is 19.4. The van der Waals surface area contributed by atoms with Crippen LogP contribution < -0.4 is 5.32 Å². The number of hydrogen-bond acceptors (Lipinski definition) is 7. The van der Waals surface area contributed by atoms with Gasteiger partial charge in [0, 0.05) is 15.3 Å². The molecule has 8 heteroatoms. The maximum absolute atomic E-state index is 13.5. The highest BCUT2D eigenvalue weighted by Crippen LogP contribution is 2.40. The van der Waals surface area contributed by atoms with Gasteiger partial charge < -0.3 is 14.8 Å². The van der Waals surface area contributed by atoms with Gasteiger partial charge in [0.2, 0.25) is 6.10 Å². The van der Waals surface area contributed by atoms with Gasteiger partial charge in [-0.3, -0.25) is 4.79 Å². The summed E-state index contributed by atoms with van der Waals surface area (Å²) < 4.78 is 11.0. The predicted octanol–water partition coefficient (Wildman–Crippen LogP) is 5.96. The van der Waals surface area contributed by atoms with Crippen molar-refractivity contribution in [2.75, 3.05) is 11.9 Å². The second kappa shape index (κ2) is 10.5. The number of hydrogen-bond donors (Lipinski definition) is 1. The SMILES string of the molecule is CCOC(=O)c1c(NC(=O)C(OC(=O)c2ccc(C)s2)c2ccccc2)sc2c1CCC(C)C2. The maximum Gasteiger partial charge on any atom is 0.349 e. The first kappa shape index (κ1) is 24.2.